The van der Waals surface area contributed by atoms with E-state index in [2.05, 4.69) is 16.3 Å². The summed E-state index contributed by atoms with van der Waals surface area (Å²) in [6.45, 7) is 6.14. The Labute approximate surface area is 163 Å². The van der Waals surface area contributed by atoms with Gasteiger partial charge < -0.3 is 18.9 Å². The van der Waals surface area contributed by atoms with Crippen LogP contribution < -0.4 is 18.9 Å². The van der Waals surface area contributed by atoms with Crippen molar-refractivity contribution in [2.45, 2.75) is 32.1 Å². The largest absolute Gasteiger partial charge is 0.493 e. The number of nitrogens with zero attached hydrogens (tertiary/aromatic N) is 2. The SMILES string of the molecule is COc1ccc(C2c3c(n[nH]c3C(C)(C)C)OC(=N)C2C#N)c(OC)c1OC. The summed E-state index contributed by atoms with van der Waals surface area (Å²) < 4.78 is 22.1. The molecule has 2 N–H and O–H groups in total. The van der Waals surface area contributed by atoms with E-state index in [1.54, 1.807) is 13.2 Å². The van der Waals surface area contributed by atoms with E-state index in [0.29, 0.717) is 28.7 Å². The first kappa shape index (κ1) is 19.5. The van der Waals surface area contributed by atoms with Crippen LogP contribution in [0.1, 0.15) is 43.5 Å². The highest BCUT2D eigenvalue weighted by atomic mass is 16.5. The summed E-state index contributed by atoms with van der Waals surface area (Å²) in [6.07, 6.45) is 0. The molecule has 0 bridgehead atoms. The number of hydrogen-bond donors (Lipinski definition) is 2. The van der Waals surface area contributed by atoms with Crippen LogP contribution >= 0.6 is 0 Å². The van der Waals surface area contributed by atoms with Crippen LogP contribution in [0.15, 0.2) is 12.1 Å². The summed E-state index contributed by atoms with van der Waals surface area (Å²) in [7, 11) is 4.61. The molecule has 148 valence electrons. The van der Waals surface area contributed by atoms with Crippen LogP contribution in [0.4, 0.5) is 0 Å². The molecule has 0 spiro atoms. The number of methoxy groups -OCH3 is 3. The molecule has 2 atom stereocenters. The fourth-order valence-electron chi connectivity index (χ4n) is 3.60. The summed E-state index contributed by atoms with van der Waals surface area (Å²) in [6, 6.07) is 5.81. The van der Waals surface area contributed by atoms with Crippen molar-refractivity contribution < 1.29 is 18.9 Å². The van der Waals surface area contributed by atoms with Crippen molar-refractivity contribution in [2.24, 2.45) is 5.92 Å². The zero-order chi connectivity index (χ0) is 20.6. The highest BCUT2D eigenvalue weighted by molar-refractivity contribution is 5.85. The van der Waals surface area contributed by atoms with Gasteiger partial charge in [-0.25, -0.2) is 0 Å². The Balaban J connectivity index is 2.34. The molecular formula is C20H24N4O4. The highest BCUT2D eigenvalue weighted by Gasteiger charge is 2.44. The van der Waals surface area contributed by atoms with E-state index >= 15 is 0 Å². The number of fused-ring (bicyclic) bond motifs is 1. The monoisotopic (exact) mass is 384 g/mol. The molecular weight excluding hydrogens is 360 g/mol. The topological polar surface area (TPSA) is 113 Å². The van der Waals surface area contributed by atoms with E-state index in [1.165, 1.54) is 14.2 Å². The van der Waals surface area contributed by atoms with Crippen LogP contribution in [0.5, 0.6) is 23.1 Å². The molecule has 0 saturated carbocycles. The molecule has 0 fully saturated rings. The molecule has 2 heterocycles. The molecule has 0 amide bonds. The fraction of sp³-hybridized carbons (Fsp3) is 0.450. The Bertz CT molecular complexity index is 952. The van der Waals surface area contributed by atoms with Crippen LogP contribution in [-0.4, -0.2) is 37.4 Å². The first-order valence-electron chi connectivity index (χ1n) is 8.81. The van der Waals surface area contributed by atoms with Gasteiger partial charge in [-0.2, -0.15) is 5.26 Å². The third kappa shape index (κ3) is 2.93. The molecule has 1 aliphatic rings. The van der Waals surface area contributed by atoms with Gasteiger partial charge in [0.25, 0.3) is 0 Å². The van der Waals surface area contributed by atoms with E-state index in [4.69, 9.17) is 24.4 Å². The lowest BCUT2D eigenvalue weighted by Crippen LogP contribution is -2.32. The molecule has 28 heavy (non-hydrogen) atoms. The Morgan fingerprint density at radius 2 is 1.82 bits per heavy atom. The van der Waals surface area contributed by atoms with Gasteiger partial charge in [-0.05, 0) is 6.07 Å². The minimum Gasteiger partial charge on any atom is -0.493 e. The van der Waals surface area contributed by atoms with Gasteiger partial charge in [-0.3, -0.25) is 10.5 Å². The zero-order valence-corrected chi connectivity index (χ0v) is 16.8. The molecule has 2 aromatic rings. The molecule has 3 rings (SSSR count). The summed E-state index contributed by atoms with van der Waals surface area (Å²) in [5.74, 6) is 0.213. The van der Waals surface area contributed by atoms with Gasteiger partial charge in [0.2, 0.25) is 17.5 Å². The molecule has 1 aromatic heterocycles. The van der Waals surface area contributed by atoms with Gasteiger partial charge in [0.1, 0.15) is 5.92 Å². The second-order valence-electron chi connectivity index (χ2n) is 7.54. The summed E-state index contributed by atoms with van der Waals surface area (Å²) in [4.78, 5) is 0. The fourth-order valence-corrected chi connectivity index (χ4v) is 3.60. The van der Waals surface area contributed by atoms with Crippen molar-refractivity contribution in [3.8, 4) is 29.2 Å². The Morgan fingerprint density at radius 3 is 2.36 bits per heavy atom. The lowest BCUT2D eigenvalue weighted by Gasteiger charge is -2.31. The number of rotatable bonds is 4. The maximum atomic E-state index is 9.84. The van der Waals surface area contributed by atoms with E-state index in [1.807, 2.05) is 26.8 Å². The number of aromatic nitrogens is 2. The summed E-state index contributed by atoms with van der Waals surface area (Å²) in [5, 5.41) is 25.4. The van der Waals surface area contributed by atoms with Gasteiger partial charge in [-0.15, -0.1) is 5.10 Å². The van der Waals surface area contributed by atoms with Crippen molar-refractivity contribution in [2.75, 3.05) is 21.3 Å². The minimum atomic E-state index is -0.835. The smallest absolute Gasteiger partial charge is 0.243 e. The summed E-state index contributed by atoms with van der Waals surface area (Å²) in [5.41, 5.74) is 2.02. The van der Waals surface area contributed by atoms with Gasteiger partial charge in [0, 0.05) is 28.2 Å². The number of aromatic amines is 1. The number of H-pyrrole nitrogens is 1. The first-order chi connectivity index (χ1) is 13.3. The van der Waals surface area contributed by atoms with E-state index in [0.717, 1.165) is 11.3 Å². The Hall–Kier alpha value is -3.21. The second kappa shape index (κ2) is 7.08. The Kier molecular flexibility index (Phi) is 4.94. The van der Waals surface area contributed by atoms with Crippen molar-refractivity contribution in [3.63, 3.8) is 0 Å². The Morgan fingerprint density at radius 1 is 1.14 bits per heavy atom. The number of nitriles is 1. The molecule has 1 aromatic carbocycles. The average molecular weight is 384 g/mol. The third-order valence-corrected chi connectivity index (χ3v) is 4.86. The van der Waals surface area contributed by atoms with Crippen molar-refractivity contribution in [3.05, 3.63) is 29.0 Å². The predicted molar refractivity (Wildman–Crippen MR) is 103 cm³/mol. The van der Waals surface area contributed by atoms with Gasteiger partial charge >= 0.3 is 0 Å². The van der Waals surface area contributed by atoms with Gasteiger partial charge in [0.15, 0.2) is 11.5 Å². The van der Waals surface area contributed by atoms with Crippen LogP contribution in [0.25, 0.3) is 0 Å². The van der Waals surface area contributed by atoms with Gasteiger partial charge in [-0.1, -0.05) is 26.8 Å². The molecule has 0 radical (unpaired) electrons. The van der Waals surface area contributed by atoms with E-state index in [-0.39, 0.29) is 11.3 Å². The van der Waals surface area contributed by atoms with Crippen molar-refractivity contribution in [1.82, 2.24) is 10.2 Å². The molecule has 8 heteroatoms. The first-order valence-corrected chi connectivity index (χ1v) is 8.81. The van der Waals surface area contributed by atoms with Gasteiger partial charge in [0.05, 0.1) is 27.4 Å². The second-order valence-corrected chi connectivity index (χ2v) is 7.54. The maximum absolute atomic E-state index is 9.84. The molecule has 1 aliphatic heterocycles. The lowest BCUT2D eigenvalue weighted by molar-refractivity contribution is 0.319. The predicted octanol–water partition coefficient (Wildman–Crippen LogP) is 3.37. The summed E-state index contributed by atoms with van der Waals surface area (Å²) >= 11 is 0. The van der Waals surface area contributed by atoms with Crippen molar-refractivity contribution in [1.29, 1.82) is 10.7 Å². The molecule has 8 nitrogen and oxygen atoms in total. The van der Waals surface area contributed by atoms with Crippen LogP contribution in [0.3, 0.4) is 0 Å². The highest BCUT2D eigenvalue weighted by Crippen LogP contribution is 2.51. The normalized spacial score (nSPS) is 18.7. The number of ether oxygens (including phenoxy) is 4. The third-order valence-electron chi connectivity index (χ3n) is 4.86. The van der Waals surface area contributed by atoms with Crippen LogP contribution in [0.2, 0.25) is 0 Å². The van der Waals surface area contributed by atoms with E-state index in [9.17, 15) is 5.26 Å². The number of hydrogen-bond acceptors (Lipinski definition) is 7. The van der Waals surface area contributed by atoms with Crippen LogP contribution in [0, 0.1) is 22.7 Å². The average Bonchev–Trinajstić information content (AvgIpc) is 3.09. The quantitative estimate of drug-likeness (QED) is 0.835. The van der Waals surface area contributed by atoms with Crippen LogP contribution in [-0.2, 0) is 5.41 Å². The van der Waals surface area contributed by atoms with E-state index < -0.39 is 11.8 Å². The maximum Gasteiger partial charge on any atom is 0.243 e. The zero-order valence-electron chi connectivity index (χ0n) is 16.8. The minimum absolute atomic E-state index is 0.149. The number of nitrogens with one attached hydrogen (secondary N) is 2. The molecule has 0 aliphatic carbocycles. The lowest BCUT2D eigenvalue weighted by atomic mass is 9.75. The van der Waals surface area contributed by atoms with Crippen molar-refractivity contribution >= 4 is 5.90 Å². The standard InChI is InChI=1S/C20H24N4O4/c1-20(2,3)17-14-13(11(9-21)18(22)28-19(14)24-23-17)10-7-8-12(25-4)16(27-6)15(10)26-5/h7-8,11,13,22H,1-6H3,(H,23,24). The number of benzene rings is 1. The molecule has 2 unspecified atom stereocenters. The molecule has 0 saturated heterocycles.